The molecule has 0 N–H and O–H groups in total. The number of amides is 1. The summed E-state index contributed by atoms with van der Waals surface area (Å²) in [5.74, 6) is 0.859. The number of nitrogens with zero attached hydrogens (tertiary/aromatic N) is 2. The minimum Gasteiger partial charge on any atom is -0.457 e. The minimum atomic E-state index is -0.509. The number of benzene rings is 1. The second kappa shape index (κ2) is 6.22. The first kappa shape index (κ1) is 16.2. The average molecular weight is 358 g/mol. The molecule has 2 atom stereocenters. The van der Waals surface area contributed by atoms with Crippen molar-refractivity contribution in [3.8, 4) is 11.3 Å². The van der Waals surface area contributed by atoms with Gasteiger partial charge in [0.15, 0.2) is 5.76 Å². The molecule has 130 valence electrons. The van der Waals surface area contributed by atoms with Crippen molar-refractivity contribution in [1.29, 1.82) is 0 Å². The van der Waals surface area contributed by atoms with Crippen LogP contribution in [0.15, 0.2) is 40.9 Å². The van der Waals surface area contributed by atoms with Crippen LogP contribution in [0, 0.1) is 0 Å². The number of ether oxygens (including phenoxy) is 1. The van der Waals surface area contributed by atoms with E-state index in [9.17, 15) is 9.59 Å². The summed E-state index contributed by atoms with van der Waals surface area (Å²) in [6.45, 7) is 2.05. The van der Waals surface area contributed by atoms with Crippen LogP contribution in [0.25, 0.3) is 11.3 Å². The van der Waals surface area contributed by atoms with Gasteiger partial charge in [0, 0.05) is 23.8 Å². The molecule has 3 heterocycles. The molecule has 0 bridgehead atoms. The summed E-state index contributed by atoms with van der Waals surface area (Å²) in [5.41, 5.74) is 1.46. The molecule has 4 rings (SSSR count). The smallest absolute Gasteiger partial charge is 0.330 e. The second-order valence-corrected chi connectivity index (χ2v) is 7.92. The Morgan fingerprint density at radius 2 is 2.24 bits per heavy atom. The molecule has 1 aromatic heterocycles. The Hall–Kier alpha value is -2.28. The molecular weight excluding hydrogens is 340 g/mol. The zero-order valence-corrected chi connectivity index (χ0v) is 14.6. The molecule has 1 amide bonds. The zero-order chi connectivity index (χ0) is 17.4. The van der Waals surface area contributed by atoms with E-state index in [1.807, 2.05) is 37.3 Å². The van der Waals surface area contributed by atoms with Crippen LogP contribution in [-0.4, -0.2) is 38.6 Å². The number of carbonyl (C=O) groups is 2. The molecule has 0 spiro atoms. The van der Waals surface area contributed by atoms with Gasteiger partial charge in [-0.25, -0.2) is 4.79 Å². The number of rotatable bonds is 4. The number of carbonyl (C=O) groups excluding carboxylic acids is 2. The molecule has 0 aliphatic carbocycles. The molecule has 2 fully saturated rings. The summed E-state index contributed by atoms with van der Waals surface area (Å²) in [6.07, 6.45) is 1.28. The highest BCUT2D eigenvalue weighted by Gasteiger charge is 2.53. The molecule has 0 saturated carbocycles. The van der Waals surface area contributed by atoms with E-state index in [1.54, 1.807) is 22.7 Å². The van der Waals surface area contributed by atoms with Crippen molar-refractivity contribution in [2.24, 2.45) is 0 Å². The fraction of sp³-hybridized carbons (Fsp3) is 0.389. The van der Waals surface area contributed by atoms with E-state index in [2.05, 4.69) is 5.16 Å². The highest BCUT2D eigenvalue weighted by molar-refractivity contribution is 8.01. The molecule has 25 heavy (non-hydrogen) atoms. The van der Waals surface area contributed by atoms with Crippen molar-refractivity contribution >= 4 is 23.6 Å². The fourth-order valence-corrected chi connectivity index (χ4v) is 4.77. The van der Waals surface area contributed by atoms with Crippen LogP contribution in [0.3, 0.4) is 0 Å². The topological polar surface area (TPSA) is 72.6 Å². The first-order valence-electron chi connectivity index (χ1n) is 8.21. The third-order valence-corrected chi connectivity index (χ3v) is 6.20. The Balaban J connectivity index is 1.40. The van der Waals surface area contributed by atoms with E-state index in [-0.39, 0.29) is 23.4 Å². The van der Waals surface area contributed by atoms with E-state index in [1.165, 1.54) is 0 Å². The van der Waals surface area contributed by atoms with Crippen LogP contribution in [0.1, 0.15) is 25.5 Å². The van der Waals surface area contributed by atoms with Gasteiger partial charge in [-0.2, -0.15) is 0 Å². The van der Waals surface area contributed by atoms with Gasteiger partial charge < -0.3 is 14.2 Å². The minimum absolute atomic E-state index is 0.0299. The summed E-state index contributed by atoms with van der Waals surface area (Å²) in [6, 6.07) is 10.9. The van der Waals surface area contributed by atoms with Crippen molar-refractivity contribution in [3.05, 3.63) is 42.1 Å². The number of hydrogen-bond donors (Lipinski definition) is 0. The molecule has 2 aromatic rings. The lowest BCUT2D eigenvalue weighted by Crippen LogP contribution is -2.46. The van der Waals surface area contributed by atoms with Gasteiger partial charge in [0.05, 0.1) is 4.87 Å². The van der Waals surface area contributed by atoms with Gasteiger partial charge in [-0.1, -0.05) is 35.5 Å². The summed E-state index contributed by atoms with van der Waals surface area (Å²) in [7, 11) is 0. The maximum Gasteiger partial charge on any atom is 0.330 e. The Bertz CT molecular complexity index is 806. The number of aromatic nitrogens is 1. The van der Waals surface area contributed by atoms with E-state index in [0.29, 0.717) is 23.6 Å². The van der Waals surface area contributed by atoms with Crippen molar-refractivity contribution in [2.75, 3.05) is 5.75 Å². The van der Waals surface area contributed by atoms with Gasteiger partial charge in [-0.15, -0.1) is 11.8 Å². The van der Waals surface area contributed by atoms with E-state index in [4.69, 9.17) is 9.26 Å². The maximum atomic E-state index is 12.4. The summed E-state index contributed by atoms with van der Waals surface area (Å²) >= 11 is 1.65. The highest BCUT2D eigenvalue weighted by Crippen LogP contribution is 2.47. The number of esters is 1. The molecule has 2 saturated heterocycles. The van der Waals surface area contributed by atoms with E-state index < -0.39 is 6.04 Å². The molecule has 0 radical (unpaired) electrons. The quantitative estimate of drug-likeness (QED) is 0.783. The van der Waals surface area contributed by atoms with Gasteiger partial charge in [0.25, 0.3) is 0 Å². The Kier molecular flexibility index (Phi) is 4.03. The molecule has 2 aliphatic heterocycles. The monoisotopic (exact) mass is 358 g/mol. The van der Waals surface area contributed by atoms with Crippen molar-refractivity contribution in [3.63, 3.8) is 0 Å². The van der Waals surface area contributed by atoms with Gasteiger partial charge in [-0.05, 0) is 13.3 Å². The Morgan fingerprint density at radius 3 is 3.04 bits per heavy atom. The first-order valence-corrected chi connectivity index (χ1v) is 9.19. The Labute approximate surface area is 149 Å². The van der Waals surface area contributed by atoms with Crippen LogP contribution in [0.2, 0.25) is 0 Å². The Morgan fingerprint density at radius 1 is 1.44 bits per heavy atom. The van der Waals surface area contributed by atoms with Crippen LogP contribution in [0.4, 0.5) is 0 Å². The van der Waals surface area contributed by atoms with Crippen LogP contribution < -0.4 is 0 Å². The van der Waals surface area contributed by atoms with Gasteiger partial charge in [-0.3, -0.25) is 4.79 Å². The van der Waals surface area contributed by atoms with Gasteiger partial charge in [0.1, 0.15) is 18.3 Å². The summed E-state index contributed by atoms with van der Waals surface area (Å²) in [4.78, 5) is 25.9. The molecule has 0 unspecified atom stereocenters. The zero-order valence-electron chi connectivity index (χ0n) is 13.8. The average Bonchev–Trinajstić information content (AvgIpc) is 3.30. The van der Waals surface area contributed by atoms with Crippen molar-refractivity contribution in [2.45, 2.75) is 37.3 Å². The maximum absolute atomic E-state index is 12.4. The predicted octanol–water partition coefficient (Wildman–Crippen LogP) is 2.84. The predicted molar refractivity (Wildman–Crippen MR) is 92.5 cm³/mol. The first-order chi connectivity index (χ1) is 12.1. The SMILES string of the molecule is C[C@@]12CCC(=O)N1[C@@H](C(=O)OCc1cc(-c3ccccc3)on1)CS2. The van der Waals surface area contributed by atoms with Crippen LogP contribution in [0.5, 0.6) is 0 Å². The summed E-state index contributed by atoms with van der Waals surface area (Å²) < 4.78 is 10.7. The normalized spacial score (nSPS) is 25.2. The van der Waals surface area contributed by atoms with Crippen molar-refractivity contribution < 1.29 is 18.8 Å². The fourth-order valence-electron chi connectivity index (χ4n) is 3.35. The molecule has 1 aromatic carbocycles. The molecule has 2 aliphatic rings. The van der Waals surface area contributed by atoms with Crippen LogP contribution >= 0.6 is 11.8 Å². The largest absolute Gasteiger partial charge is 0.457 e. The van der Waals surface area contributed by atoms with E-state index >= 15 is 0 Å². The second-order valence-electron chi connectivity index (χ2n) is 6.42. The van der Waals surface area contributed by atoms with Crippen LogP contribution in [-0.2, 0) is 20.9 Å². The molecule has 7 heteroatoms. The third-order valence-electron chi connectivity index (χ3n) is 4.70. The van der Waals surface area contributed by atoms with Gasteiger partial charge in [0.2, 0.25) is 5.91 Å². The lowest BCUT2D eigenvalue weighted by Gasteiger charge is -2.29. The van der Waals surface area contributed by atoms with Crippen molar-refractivity contribution in [1.82, 2.24) is 10.1 Å². The van der Waals surface area contributed by atoms with Gasteiger partial charge >= 0.3 is 5.97 Å². The standard InChI is InChI=1S/C18H18N2O4S/c1-18-8-7-16(21)20(18)14(11-25-18)17(22)23-10-13-9-15(24-19-13)12-5-3-2-4-6-12/h2-6,9,14H,7-8,10-11H2,1H3/t14-,18-/m1/s1. The highest BCUT2D eigenvalue weighted by atomic mass is 32.2. The number of hydrogen-bond acceptors (Lipinski definition) is 6. The lowest BCUT2D eigenvalue weighted by atomic mass is 10.2. The number of thioether (sulfide) groups is 1. The molecular formula is C18H18N2O4S. The third kappa shape index (κ3) is 2.93. The lowest BCUT2D eigenvalue weighted by molar-refractivity contribution is -0.154. The molecule has 6 nitrogen and oxygen atoms in total. The number of fused-ring (bicyclic) bond motifs is 1. The summed E-state index contributed by atoms with van der Waals surface area (Å²) in [5, 5.41) is 3.95. The van der Waals surface area contributed by atoms with E-state index in [0.717, 1.165) is 12.0 Å².